The lowest BCUT2D eigenvalue weighted by Crippen LogP contribution is -2.49. The van der Waals surface area contributed by atoms with Gasteiger partial charge in [-0.05, 0) is 38.3 Å². The van der Waals surface area contributed by atoms with Crippen LogP contribution in [0.4, 0.5) is 0 Å². The van der Waals surface area contributed by atoms with E-state index >= 15 is 0 Å². The third kappa shape index (κ3) is 2.66. The van der Waals surface area contributed by atoms with Crippen molar-refractivity contribution in [3.8, 4) is 0 Å². The number of hydrogen-bond acceptors (Lipinski definition) is 3. The molecule has 0 radical (unpaired) electrons. The van der Waals surface area contributed by atoms with Crippen molar-refractivity contribution in [3.05, 3.63) is 29.6 Å². The monoisotopic (exact) mass is 276 g/mol. The van der Waals surface area contributed by atoms with Crippen molar-refractivity contribution >= 4 is 11.9 Å². The molecule has 1 saturated heterocycles. The third-order valence-corrected chi connectivity index (χ3v) is 4.10. The van der Waals surface area contributed by atoms with Crippen LogP contribution in [0, 0.1) is 12.3 Å². The molecule has 2 rings (SSSR count). The van der Waals surface area contributed by atoms with E-state index in [1.165, 1.54) is 0 Å². The van der Waals surface area contributed by atoms with Crippen molar-refractivity contribution in [1.82, 2.24) is 9.88 Å². The molecular weight excluding hydrogens is 256 g/mol. The molecule has 2 heterocycles. The number of aromatic nitrogens is 1. The predicted octanol–water partition coefficient (Wildman–Crippen LogP) is 2.11. The molecule has 1 atom stereocenters. The van der Waals surface area contributed by atoms with Crippen LogP contribution in [0.2, 0.25) is 0 Å². The number of carbonyl (C=O) groups is 2. The number of carboxylic acid groups (broad SMARTS) is 1. The SMILES string of the molecule is CCC1(C(=O)O)CCCN(C(=O)c2cccc(C)n2)C1. The highest BCUT2D eigenvalue weighted by Gasteiger charge is 2.42. The Balaban J connectivity index is 2.21. The summed E-state index contributed by atoms with van der Waals surface area (Å²) in [5.41, 5.74) is 0.368. The summed E-state index contributed by atoms with van der Waals surface area (Å²) in [6.07, 6.45) is 1.88. The van der Waals surface area contributed by atoms with Crippen molar-refractivity contribution in [2.45, 2.75) is 33.1 Å². The van der Waals surface area contributed by atoms with Gasteiger partial charge in [0.05, 0.1) is 5.41 Å². The topological polar surface area (TPSA) is 70.5 Å². The number of aryl methyl sites for hydroxylation is 1. The average Bonchev–Trinajstić information content (AvgIpc) is 2.46. The van der Waals surface area contributed by atoms with E-state index in [9.17, 15) is 14.7 Å². The van der Waals surface area contributed by atoms with Crippen LogP contribution in [0.25, 0.3) is 0 Å². The van der Waals surface area contributed by atoms with Crippen LogP contribution in [-0.2, 0) is 4.79 Å². The number of hydrogen-bond donors (Lipinski definition) is 1. The fourth-order valence-electron chi connectivity index (χ4n) is 2.74. The number of pyridine rings is 1. The van der Waals surface area contributed by atoms with Crippen molar-refractivity contribution in [1.29, 1.82) is 0 Å². The Kier molecular flexibility index (Phi) is 4.06. The second kappa shape index (κ2) is 5.61. The zero-order chi connectivity index (χ0) is 14.8. The van der Waals surface area contributed by atoms with Gasteiger partial charge in [0.25, 0.3) is 5.91 Å². The molecule has 1 aromatic heterocycles. The zero-order valence-corrected chi connectivity index (χ0v) is 11.9. The number of aliphatic carboxylic acids is 1. The molecule has 1 aliphatic rings. The maximum Gasteiger partial charge on any atom is 0.311 e. The first kappa shape index (κ1) is 14.5. The van der Waals surface area contributed by atoms with Crippen LogP contribution in [0.3, 0.4) is 0 Å². The Hall–Kier alpha value is -1.91. The molecule has 0 aliphatic carbocycles. The molecule has 1 amide bonds. The van der Waals surface area contributed by atoms with Gasteiger partial charge in [-0.15, -0.1) is 0 Å². The number of carbonyl (C=O) groups excluding carboxylic acids is 1. The van der Waals surface area contributed by atoms with Gasteiger partial charge >= 0.3 is 5.97 Å². The van der Waals surface area contributed by atoms with E-state index < -0.39 is 11.4 Å². The summed E-state index contributed by atoms with van der Waals surface area (Å²) in [5.74, 6) is -0.984. The first-order valence-electron chi connectivity index (χ1n) is 6.95. The van der Waals surface area contributed by atoms with Crippen molar-refractivity contribution in [2.24, 2.45) is 5.41 Å². The normalized spacial score (nSPS) is 22.6. The Morgan fingerprint density at radius 3 is 2.80 bits per heavy atom. The number of rotatable bonds is 3. The van der Waals surface area contributed by atoms with E-state index in [0.29, 0.717) is 25.1 Å². The van der Waals surface area contributed by atoms with Gasteiger partial charge in [-0.25, -0.2) is 4.98 Å². The van der Waals surface area contributed by atoms with Gasteiger partial charge in [-0.1, -0.05) is 13.0 Å². The summed E-state index contributed by atoms with van der Waals surface area (Å²) in [4.78, 5) is 29.8. The summed E-state index contributed by atoms with van der Waals surface area (Å²) in [5, 5.41) is 9.45. The summed E-state index contributed by atoms with van der Waals surface area (Å²) in [6.45, 7) is 4.57. The number of amides is 1. The molecule has 108 valence electrons. The standard InChI is InChI=1S/C15H20N2O3/c1-3-15(14(19)20)8-5-9-17(10-15)13(18)12-7-4-6-11(2)16-12/h4,6-7H,3,5,8-10H2,1-2H3,(H,19,20). The fraction of sp³-hybridized carbons (Fsp3) is 0.533. The second-order valence-electron chi connectivity index (χ2n) is 5.43. The molecule has 1 aliphatic heterocycles. The second-order valence-corrected chi connectivity index (χ2v) is 5.43. The number of nitrogens with zero attached hydrogens (tertiary/aromatic N) is 2. The number of likely N-dealkylation sites (tertiary alicyclic amines) is 1. The van der Waals surface area contributed by atoms with Crippen molar-refractivity contribution in [2.75, 3.05) is 13.1 Å². The van der Waals surface area contributed by atoms with E-state index in [4.69, 9.17) is 0 Å². The van der Waals surface area contributed by atoms with E-state index in [-0.39, 0.29) is 12.5 Å². The maximum absolute atomic E-state index is 12.4. The Bertz CT molecular complexity index is 530. The van der Waals surface area contributed by atoms with Crippen LogP contribution in [0.5, 0.6) is 0 Å². The summed E-state index contributed by atoms with van der Waals surface area (Å²) < 4.78 is 0. The van der Waals surface area contributed by atoms with Crippen molar-refractivity contribution < 1.29 is 14.7 Å². The highest BCUT2D eigenvalue weighted by Crippen LogP contribution is 2.34. The minimum Gasteiger partial charge on any atom is -0.481 e. The van der Waals surface area contributed by atoms with Crippen LogP contribution < -0.4 is 0 Å². The molecule has 1 aromatic rings. The highest BCUT2D eigenvalue weighted by molar-refractivity contribution is 5.93. The fourth-order valence-corrected chi connectivity index (χ4v) is 2.74. The molecule has 0 aromatic carbocycles. The first-order valence-corrected chi connectivity index (χ1v) is 6.95. The zero-order valence-electron chi connectivity index (χ0n) is 11.9. The van der Waals surface area contributed by atoms with Crippen LogP contribution in [0.15, 0.2) is 18.2 Å². The summed E-state index contributed by atoms with van der Waals surface area (Å²) >= 11 is 0. The van der Waals surface area contributed by atoms with Crippen LogP contribution in [0.1, 0.15) is 42.4 Å². The minimum atomic E-state index is -0.810. The third-order valence-electron chi connectivity index (χ3n) is 4.10. The molecule has 0 bridgehead atoms. The van der Waals surface area contributed by atoms with Crippen LogP contribution in [-0.4, -0.2) is 40.0 Å². The lowest BCUT2D eigenvalue weighted by Gasteiger charge is -2.39. The largest absolute Gasteiger partial charge is 0.481 e. The molecule has 5 nitrogen and oxygen atoms in total. The minimum absolute atomic E-state index is 0.174. The molecule has 1 fully saturated rings. The molecule has 5 heteroatoms. The molecule has 1 N–H and O–H groups in total. The van der Waals surface area contributed by atoms with Gasteiger partial charge in [0.1, 0.15) is 5.69 Å². The Labute approximate surface area is 118 Å². The molecule has 20 heavy (non-hydrogen) atoms. The number of carboxylic acids is 1. The molecule has 1 unspecified atom stereocenters. The quantitative estimate of drug-likeness (QED) is 0.918. The van der Waals surface area contributed by atoms with Gasteiger partial charge in [0, 0.05) is 18.8 Å². The van der Waals surface area contributed by atoms with E-state index in [0.717, 1.165) is 12.1 Å². The lowest BCUT2D eigenvalue weighted by atomic mass is 9.77. The van der Waals surface area contributed by atoms with Gasteiger partial charge in [0.2, 0.25) is 0 Å². The summed E-state index contributed by atoms with van der Waals surface area (Å²) in [6, 6.07) is 5.31. The lowest BCUT2D eigenvalue weighted by molar-refractivity contribution is -0.152. The van der Waals surface area contributed by atoms with E-state index in [1.807, 2.05) is 19.9 Å². The highest BCUT2D eigenvalue weighted by atomic mass is 16.4. The smallest absolute Gasteiger partial charge is 0.311 e. The van der Waals surface area contributed by atoms with Crippen molar-refractivity contribution in [3.63, 3.8) is 0 Å². The van der Waals surface area contributed by atoms with Gasteiger partial charge in [-0.3, -0.25) is 9.59 Å². The van der Waals surface area contributed by atoms with Crippen LogP contribution >= 0.6 is 0 Å². The molecule has 0 spiro atoms. The first-order chi connectivity index (χ1) is 9.48. The average molecular weight is 276 g/mol. The van der Waals surface area contributed by atoms with E-state index in [2.05, 4.69) is 4.98 Å². The van der Waals surface area contributed by atoms with Gasteiger partial charge in [-0.2, -0.15) is 0 Å². The maximum atomic E-state index is 12.4. The Morgan fingerprint density at radius 1 is 1.45 bits per heavy atom. The van der Waals surface area contributed by atoms with Gasteiger partial charge < -0.3 is 10.0 Å². The van der Waals surface area contributed by atoms with E-state index in [1.54, 1.807) is 17.0 Å². The number of piperidine rings is 1. The van der Waals surface area contributed by atoms with Gasteiger partial charge in [0.15, 0.2) is 0 Å². The molecule has 0 saturated carbocycles. The molecular formula is C15H20N2O3. The summed E-state index contributed by atoms with van der Waals surface area (Å²) in [7, 11) is 0. The Morgan fingerprint density at radius 2 is 2.20 bits per heavy atom. The predicted molar refractivity (Wildman–Crippen MR) is 74.5 cm³/mol.